The van der Waals surface area contributed by atoms with Crippen LogP contribution in [-0.2, 0) is 0 Å². The number of fused-ring (bicyclic) bond motifs is 1. The molecule has 2 heterocycles. The quantitative estimate of drug-likeness (QED) is 0.634. The van der Waals surface area contributed by atoms with Gasteiger partial charge in [0, 0.05) is 16.3 Å². The van der Waals surface area contributed by atoms with Gasteiger partial charge in [0.15, 0.2) is 5.15 Å². The van der Waals surface area contributed by atoms with Gasteiger partial charge in [0.2, 0.25) is 0 Å². The molecule has 0 fully saturated rings. The Morgan fingerprint density at radius 2 is 1.83 bits per heavy atom. The third-order valence-corrected chi connectivity index (χ3v) is 3.41. The van der Waals surface area contributed by atoms with Crippen molar-refractivity contribution < 1.29 is 0 Å². The van der Waals surface area contributed by atoms with E-state index in [-0.39, 0.29) is 0 Å². The van der Waals surface area contributed by atoms with Crippen LogP contribution in [0.1, 0.15) is 5.69 Å². The predicted molar refractivity (Wildman–Crippen MR) is 75.4 cm³/mol. The van der Waals surface area contributed by atoms with E-state index in [1.54, 1.807) is 0 Å². The van der Waals surface area contributed by atoms with Crippen molar-refractivity contribution in [3.8, 4) is 11.4 Å². The van der Waals surface area contributed by atoms with Crippen molar-refractivity contribution in [3.63, 3.8) is 0 Å². The normalized spacial score (nSPS) is 11.1. The van der Waals surface area contributed by atoms with E-state index in [0.29, 0.717) is 10.2 Å². The highest BCUT2D eigenvalue weighted by molar-refractivity contribution is 6.33. The number of benzene rings is 1. The van der Waals surface area contributed by atoms with Gasteiger partial charge in [-0.15, -0.1) is 0 Å². The van der Waals surface area contributed by atoms with Crippen LogP contribution in [0, 0.1) is 6.92 Å². The van der Waals surface area contributed by atoms with E-state index in [2.05, 4.69) is 4.98 Å². The number of nitrogens with zero attached hydrogens (tertiary/aromatic N) is 2. The topological polar surface area (TPSA) is 17.3 Å². The first kappa shape index (κ1) is 11.6. The van der Waals surface area contributed by atoms with Gasteiger partial charge in [-0.05, 0) is 31.2 Å². The summed E-state index contributed by atoms with van der Waals surface area (Å²) in [5, 5.41) is 1.20. The summed E-state index contributed by atoms with van der Waals surface area (Å²) in [5.74, 6) is 0.815. The molecular formula is C14H10Cl2N2. The molecule has 2 nitrogen and oxygen atoms in total. The van der Waals surface area contributed by atoms with Crippen LogP contribution in [0.15, 0.2) is 42.5 Å². The molecule has 0 bridgehead atoms. The maximum Gasteiger partial charge on any atom is 0.155 e. The molecule has 3 aromatic rings. The van der Waals surface area contributed by atoms with Crippen LogP contribution < -0.4 is 0 Å². The van der Waals surface area contributed by atoms with Crippen LogP contribution in [-0.4, -0.2) is 9.38 Å². The van der Waals surface area contributed by atoms with E-state index in [1.807, 2.05) is 53.8 Å². The largest absolute Gasteiger partial charge is 0.295 e. The molecular weight excluding hydrogens is 267 g/mol. The minimum absolute atomic E-state index is 0.508. The molecule has 0 unspecified atom stereocenters. The minimum Gasteiger partial charge on any atom is -0.295 e. The van der Waals surface area contributed by atoms with E-state index in [9.17, 15) is 0 Å². The van der Waals surface area contributed by atoms with Crippen LogP contribution in [0.2, 0.25) is 10.2 Å². The summed E-state index contributed by atoms with van der Waals surface area (Å²) in [6.45, 7) is 2.03. The summed E-state index contributed by atoms with van der Waals surface area (Å²) in [4.78, 5) is 4.43. The monoisotopic (exact) mass is 276 g/mol. The fourth-order valence-electron chi connectivity index (χ4n) is 2.08. The van der Waals surface area contributed by atoms with Crippen LogP contribution >= 0.6 is 23.2 Å². The van der Waals surface area contributed by atoms with Gasteiger partial charge in [-0.25, -0.2) is 4.98 Å². The number of aryl methyl sites for hydroxylation is 1. The number of rotatable bonds is 1. The first-order chi connectivity index (χ1) is 8.66. The molecule has 0 radical (unpaired) electrons. The Hall–Kier alpha value is -1.51. The molecule has 0 aliphatic heterocycles. The lowest BCUT2D eigenvalue weighted by molar-refractivity contribution is 1.08. The highest BCUT2D eigenvalue weighted by atomic mass is 35.5. The first-order valence-electron chi connectivity index (χ1n) is 5.56. The Morgan fingerprint density at radius 1 is 1.06 bits per heavy atom. The van der Waals surface area contributed by atoms with Gasteiger partial charge in [-0.3, -0.25) is 4.40 Å². The molecule has 0 N–H and O–H groups in total. The lowest BCUT2D eigenvalue weighted by Crippen LogP contribution is -1.93. The molecule has 0 aliphatic rings. The second-order valence-electron chi connectivity index (χ2n) is 4.12. The standard InChI is InChI=1S/C14H10Cl2N2/c1-9-4-2-7-12-13(16)17-14(18(9)12)10-5-3-6-11(15)8-10/h2-8H,1H3. The highest BCUT2D eigenvalue weighted by Gasteiger charge is 2.12. The molecule has 90 valence electrons. The zero-order valence-electron chi connectivity index (χ0n) is 9.69. The number of aromatic nitrogens is 2. The summed E-state index contributed by atoms with van der Waals surface area (Å²) < 4.78 is 2.04. The van der Waals surface area contributed by atoms with Crippen molar-refractivity contribution in [1.82, 2.24) is 9.38 Å². The van der Waals surface area contributed by atoms with Crippen LogP contribution in [0.3, 0.4) is 0 Å². The fraction of sp³-hybridized carbons (Fsp3) is 0.0714. The van der Waals surface area contributed by atoms with Gasteiger partial charge >= 0.3 is 0 Å². The summed E-state index contributed by atoms with van der Waals surface area (Å²) in [5.41, 5.74) is 2.95. The van der Waals surface area contributed by atoms with Gasteiger partial charge < -0.3 is 0 Å². The van der Waals surface area contributed by atoms with Gasteiger partial charge in [0.1, 0.15) is 5.82 Å². The molecule has 1 aromatic carbocycles. The van der Waals surface area contributed by atoms with Crippen LogP contribution in [0.25, 0.3) is 16.9 Å². The average Bonchev–Trinajstić information content (AvgIpc) is 2.69. The summed E-state index contributed by atoms with van der Waals surface area (Å²) in [7, 11) is 0. The lowest BCUT2D eigenvalue weighted by Gasteiger charge is -2.05. The third kappa shape index (κ3) is 1.78. The molecule has 0 saturated heterocycles. The Labute approximate surface area is 115 Å². The number of halogens is 2. The average molecular weight is 277 g/mol. The second-order valence-corrected chi connectivity index (χ2v) is 4.92. The number of hydrogen-bond acceptors (Lipinski definition) is 1. The molecule has 0 spiro atoms. The smallest absolute Gasteiger partial charge is 0.155 e. The Kier molecular flexibility index (Phi) is 2.77. The summed E-state index contributed by atoms with van der Waals surface area (Å²) in [6, 6.07) is 13.6. The van der Waals surface area contributed by atoms with Crippen molar-refractivity contribution >= 4 is 28.7 Å². The minimum atomic E-state index is 0.508. The Bertz CT molecular complexity index is 732. The maximum atomic E-state index is 6.17. The Morgan fingerprint density at radius 3 is 2.61 bits per heavy atom. The molecule has 18 heavy (non-hydrogen) atoms. The van der Waals surface area contributed by atoms with Gasteiger partial charge in [-0.2, -0.15) is 0 Å². The summed E-state index contributed by atoms with van der Waals surface area (Å²) >= 11 is 12.2. The number of hydrogen-bond donors (Lipinski definition) is 0. The lowest BCUT2D eigenvalue weighted by atomic mass is 10.2. The molecule has 2 aromatic heterocycles. The second kappa shape index (κ2) is 4.30. The van der Waals surface area contributed by atoms with Crippen molar-refractivity contribution in [1.29, 1.82) is 0 Å². The number of pyridine rings is 1. The SMILES string of the molecule is Cc1cccc2c(Cl)nc(-c3cccc(Cl)c3)n12. The summed E-state index contributed by atoms with van der Waals surface area (Å²) in [6.07, 6.45) is 0. The van der Waals surface area contributed by atoms with Crippen molar-refractivity contribution in [3.05, 3.63) is 58.3 Å². The van der Waals surface area contributed by atoms with Crippen molar-refractivity contribution in [2.24, 2.45) is 0 Å². The van der Waals surface area contributed by atoms with E-state index in [1.165, 1.54) is 0 Å². The van der Waals surface area contributed by atoms with E-state index >= 15 is 0 Å². The van der Waals surface area contributed by atoms with E-state index < -0.39 is 0 Å². The van der Waals surface area contributed by atoms with Crippen molar-refractivity contribution in [2.75, 3.05) is 0 Å². The molecule has 0 atom stereocenters. The molecule has 3 rings (SSSR count). The molecule has 0 saturated carbocycles. The molecule has 0 aliphatic carbocycles. The van der Waals surface area contributed by atoms with Gasteiger partial charge in [0.25, 0.3) is 0 Å². The first-order valence-corrected chi connectivity index (χ1v) is 6.32. The molecule has 0 amide bonds. The van der Waals surface area contributed by atoms with E-state index in [4.69, 9.17) is 23.2 Å². The fourth-order valence-corrected chi connectivity index (χ4v) is 2.50. The maximum absolute atomic E-state index is 6.17. The van der Waals surface area contributed by atoms with Crippen molar-refractivity contribution in [2.45, 2.75) is 6.92 Å². The zero-order valence-corrected chi connectivity index (χ0v) is 11.2. The van der Waals surface area contributed by atoms with Crippen LogP contribution in [0.4, 0.5) is 0 Å². The van der Waals surface area contributed by atoms with Gasteiger partial charge in [-0.1, -0.05) is 41.4 Å². The zero-order chi connectivity index (χ0) is 12.7. The number of imidazole rings is 1. The predicted octanol–water partition coefficient (Wildman–Crippen LogP) is 4.62. The van der Waals surface area contributed by atoms with Crippen LogP contribution in [0.5, 0.6) is 0 Å². The van der Waals surface area contributed by atoms with Gasteiger partial charge in [0.05, 0.1) is 5.52 Å². The third-order valence-electron chi connectivity index (χ3n) is 2.90. The van der Waals surface area contributed by atoms with E-state index in [0.717, 1.165) is 22.6 Å². The Balaban J connectivity index is 2.36. The highest BCUT2D eigenvalue weighted by Crippen LogP contribution is 2.28. The molecule has 4 heteroatoms.